The van der Waals surface area contributed by atoms with Gasteiger partial charge in [0.2, 0.25) is 0 Å². The smallest absolute Gasteiger partial charge is 0.162 e. The van der Waals surface area contributed by atoms with Gasteiger partial charge in [0.25, 0.3) is 0 Å². The number of ketones is 1. The van der Waals surface area contributed by atoms with Crippen molar-refractivity contribution in [2.45, 2.75) is 33.3 Å². The lowest BCUT2D eigenvalue weighted by molar-refractivity contribution is 0.0716. The summed E-state index contributed by atoms with van der Waals surface area (Å²) in [6, 6.07) is 7.07. The van der Waals surface area contributed by atoms with Crippen LogP contribution in [0.2, 0.25) is 0 Å². The van der Waals surface area contributed by atoms with Crippen molar-refractivity contribution < 1.29 is 14.6 Å². The zero-order chi connectivity index (χ0) is 15.0. The molecule has 4 nitrogen and oxygen atoms in total. The first kappa shape index (κ1) is 19.9. The van der Waals surface area contributed by atoms with Crippen molar-refractivity contribution in [3.63, 3.8) is 0 Å². The molecule has 0 aliphatic carbocycles. The molecule has 0 heterocycles. The minimum absolute atomic E-state index is 0. The third-order valence-corrected chi connectivity index (χ3v) is 3.30. The standard InChI is InChI=1S/C16H25NO3.ClH/c1-4-16(19)13-7-9-15(10-8-13)20-12-14(18)11-17(5-2)6-3;/h7-10,14,18H,4-6,11-12H2,1-3H3;1H. The summed E-state index contributed by atoms with van der Waals surface area (Å²) in [7, 11) is 0. The van der Waals surface area contributed by atoms with E-state index >= 15 is 0 Å². The van der Waals surface area contributed by atoms with Gasteiger partial charge in [-0.2, -0.15) is 0 Å². The van der Waals surface area contributed by atoms with Gasteiger partial charge < -0.3 is 14.7 Å². The quantitative estimate of drug-likeness (QED) is 0.712. The number of nitrogens with zero attached hydrogens (tertiary/aromatic N) is 1. The van der Waals surface area contributed by atoms with Crippen molar-refractivity contribution >= 4 is 18.2 Å². The summed E-state index contributed by atoms with van der Waals surface area (Å²) >= 11 is 0. The zero-order valence-corrected chi connectivity index (χ0v) is 13.9. The predicted octanol–water partition coefficient (Wildman–Crippen LogP) is 2.78. The molecule has 1 N–H and O–H groups in total. The number of rotatable bonds is 9. The van der Waals surface area contributed by atoms with Crippen LogP contribution >= 0.6 is 12.4 Å². The molecule has 1 rings (SSSR count). The van der Waals surface area contributed by atoms with Crippen molar-refractivity contribution in [1.82, 2.24) is 4.90 Å². The van der Waals surface area contributed by atoms with Crippen LogP contribution < -0.4 is 4.74 Å². The van der Waals surface area contributed by atoms with Gasteiger partial charge in [0.15, 0.2) is 5.78 Å². The Kier molecular flexibility index (Phi) is 10.0. The molecular weight excluding hydrogens is 290 g/mol. The molecule has 120 valence electrons. The highest BCUT2D eigenvalue weighted by Gasteiger charge is 2.10. The van der Waals surface area contributed by atoms with E-state index in [0.717, 1.165) is 13.1 Å². The molecule has 0 aliphatic rings. The molecular formula is C16H26ClNO3. The minimum atomic E-state index is -0.508. The minimum Gasteiger partial charge on any atom is -0.491 e. The van der Waals surface area contributed by atoms with E-state index in [1.54, 1.807) is 24.3 Å². The number of ether oxygens (including phenoxy) is 1. The van der Waals surface area contributed by atoms with Crippen molar-refractivity contribution in [1.29, 1.82) is 0 Å². The molecule has 0 radical (unpaired) electrons. The molecule has 1 atom stereocenters. The number of aliphatic hydroxyl groups excluding tert-OH is 1. The molecule has 0 bridgehead atoms. The van der Waals surface area contributed by atoms with E-state index in [1.807, 2.05) is 6.92 Å². The fourth-order valence-corrected chi connectivity index (χ4v) is 1.97. The van der Waals surface area contributed by atoms with E-state index in [9.17, 15) is 9.90 Å². The Labute approximate surface area is 133 Å². The average molecular weight is 316 g/mol. The number of hydrogen-bond acceptors (Lipinski definition) is 4. The second kappa shape index (κ2) is 10.6. The number of hydrogen-bond donors (Lipinski definition) is 1. The number of Topliss-reactive ketones (excluding diaryl/α,β-unsaturated/α-hetero) is 1. The molecule has 0 aliphatic heterocycles. The van der Waals surface area contributed by atoms with Crippen molar-refractivity contribution in [3.05, 3.63) is 29.8 Å². The van der Waals surface area contributed by atoms with Crippen LogP contribution in [0.4, 0.5) is 0 Å². The summed E-state index contributed by atoms with van der Waals surface area (Å²) in [5, 5.41) is 9.90. The van der Waals surface area contributed by atoms with Crippen LogP contribution in [0.25, 0.3) is 0 Å². The maximum Gasteiger partial charge on any atom is 0.162 e. The van der Waals surface area contributed by atoms with Crippen molar-refractivity contribution in [2.24, 2.45) is 0 Å². The Bertz CT molecular complexity index is 404. The third-order valence-electron chi connectivity index (χ3n) is 3.30. The second-order valence-electron chi connectivity index (χ2n) is 4.75. The summed E-state index contributed by atoms with van der Waals surface area (Å²) in [4.78, 5) is 13.6. The van der Waals surface area contributed by atoms with Gasteiger partial charge in [-0.1, -0.05) is 20.8 Å². The van der Waals surface area contributed by atoms with Crippen LogP contribution in [0.15, 0.2) is 24.3 Å². The fourth-order valence-electron chi connectivity index (χ4n) is 1.97. The van der Waals surface area contributed by atoms with Gasteiger partial charge in [-0.25, -0.2) is 0 Å². The Morgan fingerprint density at radius 1 is 1.19 bits per heavy atom. The number of likely N-dealkylation sites (N-methyl/N-ethyl adjacent to an activating group) is 1. The molecule has 0 saturated heterocycles. The third kappa shape index (κ3) is 6.93. The van der Waals surface area contributed by atoms with Gasteiger partial charge in [0.1, 0.15) is 18.5 Å². The molecule has 1 unspecified atom stereocenters. The van der Waals surface area contributed by atoms with Crippen LogP contribution in [0.3, 0.4) is 0 Å². The van der Waals surface area contributed by atoms with E-state index in [0.29, 0.717) is 24.3 Å². The molecule has 0 fully saturated rings. The zero-order valence-electron chi connectivity index (χ0n) is 13.0. The first-order valence-corrected chi connectivity index (χ1v) is 7.27. The fraction of sp³-hybridized carbons (Fsp3) is 0.562. The van der Waals surface area contributed by atoms with Gasteiger partial charge >= 0.3 is 0 Å². The topological polar surface area (TPSA) is 49.8 Å². The maximum absolute atomic E-state index is 11.5. The molecule has 5 heteroatoms. The summed E-state index contributed by atoms with van der Waals surface area (Å²) < 4.78 is 5.54. The van der Waals surface area contributed by atoms with E-state index < -0.39 is 6.10 Å². The maximum atomic E-state index is 11.5. The van der Waals surface area contributed by atoms with E-state index in [-0.39, 0.29) is 24.8 Å². The van der Waals surface area contributed by atoms with Crippen LogP contribution in [-0.4, -0.2) is 48.1 Å². The molecule has 21 heavy (non-hydrogen) atoms. The summed E-state index contributed by atoms with van der Waals surface area (Å²) in [6.07, 6.45) is -0.00478. The highest BCUT2D eigenvalue weighted by atomic mass is 35.5. The Morgan fingerprint density at radius 2 is 1.76 bits per heavy atom. The van der Waals surface area contributed by atoms with Gasteiger partial charge in [0, 0.05) is 18.5 Å². The molecule has 0 spiro atoms. The normalized spacial score (nSPS) is 11.9. The second-order valence-corrected chi connectivity index (χ2v) is 4.75. The first-order chi connectivity index (χ1) is 9.60. The first-order valence-electron chi connectivity index (χ1n) is 7.27. The van der Waals surface area contributed by atoms with Crippen molar-refractivity contribution in [2.75, 3.05) is 26.2 Å². The van der Waals surface area contributed by atoms with Crippen LogP contribution in [0.1, 0.15) is 37.6 Å². The monoisotopic (exact) mass is 315 g/mol. The lowest BCUT2D eigenvalue weighted by Crippen LogP contribution is -2.35. The van der Waals surface area contributed by atoms with Gasteiger partial charge in [-0.3, -0.25) is 4.79 Å². The summed E-state index contributed by atoms with van der Waals surface area (Å²) in [6.45, 7) is 8.69. The lowest BCUT2D eigenvalue weighted by atomic mass is 10.1. The van der Waals surface area contributed by atoms with Gasteiger partial charge in [-0.05, 0) is 37.4 Å². The molecule has 0 saturated carbocycles. The molecule has 1 aromatic carbocycles. The van der Waals surface area contributed by atoms with Crippen LogP contribution in [0.5, 0.6) is 5.75 Å². The number of aliphatic hydroxyl groups is 1. The number of benzene rings is 1. The highest BCUT2D eigenvalue weighted by molar-refractivity contribution is 5.95. The predicted molar refractivity (Wildman–Crippen MR) is 87.6 cm³/mol. The Morgan fingerprint density at radius 3 is 2.24 bits per heavy atom. The average Bonchev–Trinajstić information content (AvgIpc) is 2.50. The number of carbonyl (C=O) groups excluding carboxylic acids is 1. The highest BCUT2D eigenvalue weighted by Crippen LogP contribution is 2.13. The SMILES string of the molecule is CCC(=O)c1ccc(OCC(O)CN(CC)CC)cc1.Cl. The largest absolute Gasteiger partial charge is 0.491 e. The number of carbonyl (C=O) groups is 1. The van der Waals surface area contributed by atoms with E-state index in [1.165, 1.54) is 0 Å². The summed E-state index contributed by atoms with van der Waals surface area (Å²) in [5.74, 6) is 0.800. The van der Waals surface area contributed by atoms with Crippen LogP contribution in [0, 0.1) is 0 Å². The lowest BCUT2D eigenvalue weighted by Gasteiger charge is -2.21. The van der Waals surface area contributed by atoms with E-state index in [4.69, 9.17) is 4.74 Å². The molecule has 1 aromatic rings. The summed E-state index contributed by atoms with van der Waals surface area (Å²) in [5.41, 5.74) is 0.698. The van der Waals surface area contributed by atoms with Gasteiger partial charge in [-0.15, -0.1) is 12.4 Å². The van der Waals surface area contributed by atoms with Gasteiger partial charge in [0.05, 0.1) is 0 Å². The molecule has 0 amide bonds. The van der Waals surface area contributed by atoms with Crippen LogP contribution in [-0.2, 0) is 0 Å². The Balaban J connectivity index is 0.00000400. The van der Waals surface area contributed by atoms with Crippen molar-refractivity contribution in [3.8, 4) is 5.75 Å². The number of halogens is 1. The Hall–Kier alpha value is -1.10. The molecule has 0 aromatic heterocycles. The van der Waals surface area contributed by atoms with E-state index in [2.05, 4.69) is 18.7 Å².